The Morgan fingerprint density at radius 2 is 2.08 bits per heavy atom. The van der Waals surface area contributed by atoms with Gasteiger partial charge in [-0.25, -0.2) is 13.2 Å². The minimum absolute atomic E-state index is 0.0442. The second kappa shape index (κ2) is 6.84. The minimum atomic E-state index is -3.06. The lowest BCUT2D eigenvalue weighted by Gasteiger charge is -2.17. The second-order valence-electron chi connectivity index (χ2n) is 6.41. The van der Waals surface area contributed by atoms with Crippen LogP contribution >= 0.6 is 11.3 Å². The lowest BCUT2D eigenvalue weighted by Crippen LogP contribution is -2.42. The molecule has 1 aliphatic carbocycles. The highest BCUT2D eigenvalue weighted by Gasteiger charge is 2.31. The standard InChI is InChI=1S/C16H21NO5S2/c1-10(15(18)17-11-6-7-24(20,21)9-11)22-16(19)13-8-23-14-5-3-2-4-12(13)14/h8,10-11H,2-7,9H2,1H3,(H,17,18)/t10-,11-/m0/s1. The van der Waals surface area contributed by atoms with Gasteiger partial charge in [0.25, 0.3) is 5.91 Å². The fourth-order valence-electron chi connectivity index (χ4n) is 3.17. The van der Waals surface area contributed by atoms with Crippen LogP contribution in [0.4, 0.5) is 0 Å². The Morgan fingerprint density at radius 1 is 1.33 bits per heavy atom. The van der Waals surface area contributed by atoms with E-state index < -0.39 is 33.9 Å². The molecular formula is C16H21NO5S2. The number of hydrogen-bond acceptors (Lipinski definition) is 6. The molecule has 132 valence electrons. The van der Waals surface area contributed by atoms with Crippen molar-refractivity contribution in [3.8, 4) is 0 Å². The van der Waals surface area contributed by atoms with E-state index in [0.29, 0.717) is 12.0 Å². The van der Waals surface area contributed by atoms with E-state index in [-0.39, 0.29) is 11.5 Å². The van der Waals surface area contributed by atoms with Crippen LogP contribution in [0.2, 0.25) is 0 Å². The Kier molecular flexibility index (Phi) is 4.96. The Labute approximate surface area is 145 Å². The summed E-state index contributed by atoms with van der Waals surface area (Å²) < 4.78 is 28.1. The average molecular weight is 371 g/mol. The maximum Gasteiger partial charge on any atom is 0.340 e. The molecule has 0 radical (unpaired) electrons. The van der Waals surface area contributed by atoms with Crippen LogP contribution in [0.1, 0.15) is 47.0 Å². The number of aryl methyl sites for hydroxylation is 1. The van der Waals surface area contributed by atoms with E-state index in [9.17, 15) is 18.0 Å². The summed E-state index contributed by atoms with van der Waals surface area (Å²) in [4.78, 5) is 25.7. The van der Waals surface area contributed by atoms with Crippen molar-refractivity contribution in [3.05, 3.63) is 21.4 Å². The van der Waals surface area contributed by atoms with Crippen molar-refractivity contribution in [2.45, 2.75) is 51.2 Å². The van der Waals surface area contributed by atoms with Crippen molar-refractivity contribution < 1.29 is 22.7 Å². The van der Waals surface area contributed by atoms with Crippen LogP contribution in [-0.4, -0.2) is 43.9 Å². The van der Waals surface area contributed by atoms with Gasteiger partial charge < -0.3 is 10.1 Å². The first-order chi connectivity index (χ1) is 11.4. The molecule has 6 nitrogen and oxygen atoms in total. The Hall–Kier alpha value is -1.41. The van der Waals surface area contributed by atoms with E-state index in [1.165, 1.54) is 11.8 Å². The quantitative estimate of drug-likeness (QED) is 0.810. The SMILES string of the molecule is C[C@H](OC(=O)c1csc2c1CCCC2)C(=O)N[C@H]1CCS(=O)(=O)C1. The predicted octanol–water partition coefficient (Wildman–Crippen LogP) is 1.48. The number of fused-ring (bicyclic) bond motifs is 1. The van der Waals surface area contributed by atoms with Gasteiger partial charge in [-0.3, -0.25) is 4.79 Å². The van der Waals surface area contributed by atoms with Crippen molar-refractivity contribution in [2.24, 2.45) is 0 Å². The molecule has 8 heteroatoms. The van der Waals surface area contributed by atoms with E-state index in [2.05, 4.69) is 5.32 Å². The molecule has 1 fully saturated rings. The molecule has 2 atom stereocenters. The topological polar surface area (TPSA) is 89.5 Å². The summed E-state index contributed by atoms with van der Waals surface area (Å²) in [5.74, 6) is -0.879. The third-order valence-electron chi connectivity index (χ3n) is 4.51. The average Bonchev–Trinajstić information content (AvgIpc) is 3.10. The van der Waals surface area contributed by atoms with Crippen LogP contribution in [0.3, 0.4) is 0 Å². The largest absolute Gasteiger partial charge is 0.449 e. The van der Waals surface area contributed by atoms with E-state index in [0.717, 1.165) is 31.2 Å². The molecule has 0 aromatic carbocycles. The van der Waals surface area contributed by atoms with Gasteiger partial charge in [-0.05, 0) is 44.6 Å². The fourth-order valence-corrected chi connectivity index (χ4v) is 5.96. The zero-order chi connectivity index (χ0) is 17.3. The maximum absolute atomic E-state index is 12.3. The number of thiophene rings is 1. The molecule has 2 heterocycles. The third-order valence-corrected chi connectivity index (χ3v) is 7.37. The van der Waals surface area contributed by atoms with Crippen LogP contribution in [0.5, 0.6) is 0 Å². The number of sulfone groups is 1. The van der Waals surface area contributed by atoms with Crippen LogP contribution in [-0.2, 0) is 32.2 Å². The van der Waals surface area contributed by atoms with Crippen molar-refractivity contribution in [1.82, 2.24) is 5.32 Å². The smallest absolute Gasteiger partial charge is 0.340 e. The first-order valence-electron chi connectivity index (χ1n) is 8.17. The second-order valence-corrected chi connectivity index (χ2v) is 9.61. The molecule has 1 aromatic rings. The van der Waals surface area contributed by atoms with Gasteiger partial charge in [-0.2, -0.15) is 0 Å². The normalized spacial score (nSPS) is 23.3. The summed E-state index contributed by atoms with van der Waals surface area (Å²) >= 11 is 1.57. The highest BCUT2D eigenvalue weighted by Crippen LogP contribution is 2.30. The van der Waals surface area contributed by atoms with Crippen molar-refractivity contribution >= 4 is 33.1 Å². The van der Waals surface area contributed by atoms with Gasteiger partial charge in [0.15, 0.2) is 15.9 Å². The summed E-state index contributed by atoms with van der Waals surface area (Å²) in [6, 6.07) is -0.391. The Balaban J connectivity index is 1.58. The summed E-state index contributed by atoms with van der Waals surface area (Å²) in [7, 11) is -3.06. The summed E-state index contributed by atoms with van der Waals surface area (Å²) in [5, 5.41) is 4.47. The molecule has 1 N–H and O–H groups in total. The lowest BCUT2D eigenvalue weighted by molar-refractivity contribution is -0.129. The number of esters is 1. The molecule has 2 aliphatic rings. The molecule has 3 rings (SSSR count). The Bertz CT molecular complexity index is 753. The number of rotatable bonds is 4. The number of carbonyl (C=O) groups is 2. The molecule has 1 amide bonds. The lowest BCUT2D eigenvalue weighted by atomic mass is 9.96. The van der Waals surface area contributed by atoms with E-state index >= 15 is 0 Å². The first kappa shape index (κ1) is 17.4. The van der Waals surface area contributed by atoms with Gasteiger partial charge in [-0.1, -0.05) is 0 Å². The van der Waals surface area contributed by atoms with E-state index in [1.54, 1.807) is 11.3 Å². The number of carbonyl (C=O) groups excluding carboxylic acids is 2. The summed E-state index contributed by atoms with van der Waals surface area (Å²) in [5.41, 5.74) is 1.63. The zero-order valence-electron chi connectivity index (χ0n) is 13.5. The minimum Gasteiger partial charge on any atom is -0.449 e. The Morgan fingerprint density at radius 3 is 2.79 bits per heavy atom. The highest BCUT2D eigenvalue weighted by molar-refractivity contribution is 7.91. The van der Waals surface area contributed by atoms with Crippen LogP contribution < -0.4 is 5.32 Å². The fraction of sp³-hybridized carbons (Fsp3) is 0.625. The van der Waals surface area contributed by atoms with Crippen LogP contribution in [0.15, 0.2) is 5.38 Å². The number of nitrogens with one attached hydrogen (secondary N) is 1. The van der Waals surface area contributed by atoms with Gasteiger partial charge in [0.2, 0.25) is 0 Å². The monoisotopic (exact) mass is 371 g/mol. The molecule has 0 spiro atoms. The zero-order valence-corrected chi connectivity index (χ0v) is 15.2. The third kappa shape index (κ3) is 3.80. The molecular weight excluding hydrogens is 350 g/mol. The maximum atomic E-state index is 12.3. The van der Waals surface area contributed by atoms with Gasteiger partial charge in [0.1, 0.15) is 0 Å². The first-order valence-corrected chi connectivity index (χ1v) is 10.9. The van der Waals surface area contributed by atoms with Crippen molar-refractivity contribution in [3.63, 3.8) is 0 Å². The number of amides is 1. The van der Waals surface area contributed by atoms with Gasteiger partial charge >= 0.3 is 5.97 Å². The van der Waals surface area contributed by atoms with Crippen LogP contribution in [0, 0.1) is 0 Å². The molecule has 24 heavy (non-hydrogen) atoms. The molecule has 0 bridgehead atoms. The molecule has 1 aromatic heterocycles. The van der Waals surface area contributed by atoms with Gasteiger partial charge in [0.05, 0.1) is 17.1 Å². The summed E-state index contributed by atoms with van der Waals surface area (Å²) in [6.07, 6.45) is 3.55. The van der Waals surface area contributed by atoms with Gasteiger partial charge in [-0.15, -0.1) is 11.3 Å². The molecule has 1 saturated heterocycles. The van der Waals surface area contributed by atoms with Crippen LogP contribution in [0.25, 0.3) is 0 Å². The number of hydrogen-bond donors (Lipinski definition) is 1. The molecule has 0 saturated carbocycles. The van der Waals surface area contributed by atoms with Crippen molar-refractivity contribution in [1.29, 1.82) is 0 Å². The molecule has 0 unspecified atom stereocenters. The van der Waals surface area contributed by atoms with Gasteiger partial charge in [0, 0.05) is 16.3 Å². The molecule has 1 aliphatic heterocycles. The van der Waals surface area contributed by atoms with E-state index in [1.807, 2.05) is 5.38 Å². The predicted molar refractivity (Wildman–Crippen MR) is 91.0 cm³/mol. The van der Waals surface area contributed by atoms with Crippen molar-refractivity contribution in [2.75, 3.05) is 11.5 Å². The summed E-state index contributed by atoms with van der Waals surface area (Å²) in [6.45, 7) is 1.51. The number of ether oxygens (including phenoxy) is 1. The highest BCUT2D eigenvalue weighted by atomic mass is 32.2. The van der Waals surface area contributed by atoms with E-state index in [4.69, 9.17) is 4.74 Å².